The van der Waals surface area contributed by atoms with Crippen LogP contribution in [0.2, 0.25) is 5.02 Å². The van der Waals surface area contributed by atoms with Gasteiger partial charge in [0.2, 0.25) is 11.8 Å². The van der Waals surface area contributed by atoms with E-state index in [1.165, 1.54) is 12.8 Å². The van der Waals surface area contributed by atoms with Crippen LogP contribution >= 0.6 is 11.6 Å². The number of benzene rings is 2. The summed E-state index contributed by atoms with van der Waals surface area (Å²) in [5.41, 5.74) is 9.59. The highest BCUT2D eigenvalue weighted by atomic mass is 35.5. The molecule has 1 fully saturated rings. The molecule has 1 unspecified atom stereocenters. The standard InChI is InChI=1S/C25H23ClN4O3/c1-31-20-12-15(8-11-19(20)32-17-4-2-3-5-17)21-18(13-27)24(28)33-25-22(21)23(29-30-25)14-6-9-16(26)10-7-14/h6-12,17,21H,2-5,28H2,1H3,(H,29,30). The van der Waals surface area contributed by atoms with Gasteiger partial charge < -0.3 is 19.9 Å². The fraction of sp³-hybridized carbons (Fsp3) is 0.280. The predicted molar refractivity (Wildman–Crippen MR) is 124 cm³/mol. The van der Waals surface area contributed by atoms with Gasteiger partial charge in [0.25, 0.3) is 0 Å². The summed E-state index contributed by atoms with van der Waals surface area (Å²) in [6, 6.07) is 15.3. The normalized spacial score (nSPS) is 17.9. The number of nitrogens with one attached hydrogen (secondary N) is 1. The van der Waals surface area contributed by atoms with Crippen LogP contribution in [0, 0.1) is 11.3 Å². The Hall–Kier alpha value is -3.63. The number of ether oxygens (including phenoxy) is 3. The first kappa shape index (κ1) is 21.2. The Morgan fingerprint density at radius 3 is 2.61 bits per heavy atom. The Morgan fingerprint density at radius 2 is 1.91 bits per heavy atom. The second-order valence-electron chi connectivity index (χ2n) is 8.18. The molecule has 1 atom stereocenters. The number of rotatable bonds is 5. The molecule has 0 radical (unpaired) electrons. The van der Waals surface area contributed by atoms with E-state index in [-0.39, 0.29) is 12.0 Å². The van der Waals surface area contributed by atoms with Gasteiger partial charge in [-0.05, 0) is 55.5 Å². The molecule has 0 spiro atoms. The lowest BCUT2D eigenvalue weighted by molar-refractivity contribution is 0.200. The van der Waals surface area contributed by atoms with Crippen molar-refractivity contribution in [3.8, 4) is 34.7 Å². The van der Waals surface area contributed by atoms with Gasteiger partial charge in [-0.15, -0.1) is 5.10 Å². The molecule has 1 saturated carbocycles. The van der Waals surface area contributed by atoms with Crippen molar-refractivity contribution in [3.63, 3.8) is 0 Å². The highest BCUT2D eigenvalue weighted by Gasteiger charge is 2.36. The number of nitriles is 1. The van der Waals surface area contributed by atoms with Crippen molar-refractivity contribution in [2.45, 2.75) is 37.7 Å². The number of nitrogens with zero attached hydrogens (tertiary/aromatic N) is 2. The van der Waals surface area contributed by atoms with E-state index in [0.717, 1.165) is 35.2 Å². The number of allylic oxidation sites excluding steroid dienone is 1. The lowest BCUT2D eigenvalue weighted by atomic mass is 9.83. The van der Waals surface area contributed by atoms with Gasteiger partial charge in [-0.25, -0.2) is 0 Å². The first-order valence-electron chi connectivity index (χ1n) is 10.9. The minimum atomic E-state index is -0.488. The van der Waals surface area contributed by atoms with E-state index in [1.807, 2.05) is 30.3 Å². The second-order valence-corrected chi connectivity index (χ2v) is 8.62. The number of H-pyrrole nitrogens is 1. The molecule has 8 heteroatoms. The van der Waals surface area contributed by atoms with Crippen molar-refractivity contribution in [2.24, 2.45) is 5.73 Å². The fourth-order valence-corrected chi connectivity index (χ4v) is 4.69. The quantitative estimate of drug-likeness (QED) is 0.534. The molecule has 2 heterocycles. The molecule has 168 valence electrons. The Bertz CT molecular complexity index is 1250. The summed E-state index contributed by atoms with van der Waals surface area (Å²) in [4.78, 5) is 0. The van der Waals surface area contributed by atoms with Crippen LogP contribution in [0.5, 0.6) is 17.4 Å². The third-order valence-electron chi connectivity index (χ3n) is 6.19. The van der Waals surface area contributed by atoms with Crippen LogP contribution in [0.25, 0.3) is 11.3 Å². The van der Waals surface area contributed by atoms with Crippen molar-refractivity contribution in [1.82, 2.24) is 10.2 Å². The topological polar surface area (TPSA) is 106 Å². The first-order valence-corrected chi connectivity index (χ1v) is 11.2. The number of fused-ring (bicyclic) bond motifs is 1. The lowest BCUT2D eigenvalue weighted by Gasteiger charge is -2.25. The second kappa shape index (κ2) is 8.72. The van der Waals surface area contributed by atoms with Gasteiger partial charge in [-0.1, -0.05) is 29.8 Å². The van der Waals surface area contributed by atoms with Gasteiger partial charge in [-0.3, -0.25) is 5.10 Å². The molecular formula is C25H23ClN4O3. The van der Waals surface area contributed by atoms with Crippen molar-refractivity contribution in [2.75, 3.05) is 7.11 Å². The number of hydrogen-bond acceptors (Lipinski definition) is 6. The molecular weight excluding hydrogens is 440 g/mol. The minimum Gasteiger partial charge on any atom is -0.493 e. The van der Waals surface area contributed by atoms with E-state index in [1.54, 1.807) is 19.2 Å². The van der Waals surface area contributed by atoms with Gasteiger partial charge in [0, 0.05) is 10.6 Å². The number of halogens is 1. The monoisotopic (exact) mass is 462 g/mol. The Balaban J connectivity index is 1.60. The summed E-state index contributed by atoms with van der Waals surface area (Å²) >= 11 is 6.07. The summed E-state index contributed by atoms with van der Waals surface area (Å²) in [6.07, 6.45) is 4.66. The average molecular weight is 463 g/mol. The zero-order valence-electron chi connectivity index (χ0n) is 18.1. The Labute approximate surface area is 196 Å². The Morgan fingerprint density at radius 1 is 1.15 bits per heavy atom. The van der Waals surface area contributed by atoms with E-state index in [0.29, 0.717) is 28.0 Å². The van der Waals surface area contributed by atoms with Gasteiger partial charge >= 0.3 is 0 Å². The predicted octanol–water partition coefficient (Wildman–Crippen LogP) is 5.28. The van der Waals surface area contributed by atoms with E-state index in [2.05, 4.69) is 16.3 Å². The molecule has 1 aliphatic heterocycles. The van der Waals surface area contributed by atoms with E-state index in [4.69, 9.17) is 31.5 Å². The van der Waals surface area contributed by atoms with Gasteiger partial charge in [-0.2, -0.15) is 5.26 Å². The van der Waals surface area contributed by atoms with E-state index < -0.39 is 5.92 Å². The largest absolute Gasteiger partial charge is 0.493 e. The molecule has 0 bridgehead atoms. The number of hydrogen-bond donors (Lipinski definition) is 2. The van der Waals surface area contributed by atoms with Crippen LogP contribution in [0.1, 0.15) is 42.7 Å². The summed E-state index contributed by atoms with van der Waals surface area (Å²) in [5.74, 6) is 1.19. The maximum Gasteiger partial charge on any atom is 0.244 e. The van der Waals surface area contributed by atoms with Crippen LogP contribution < -0.4 is 19.9 Å². The molecule has 3 N–H and O–H groups in total. The zero-order valence-corrected chi connectivity index (χ0v) is 18.9. The minimum absolute atomic E-state index is 0.0365. The number of aromatic amines is 1. The average Bonchev–Trinajstić information content (AvgIpc) is 3.49. The molecule has 0 saturated heterocycles. The highest BCUT2D eigenvalue weighted by molar-refractivity contribution is 6.30. The summed E-state index contributed by atoms with van der Waals surface area (Å²) in [7, 11) is 1.61. The summed E-state index contributed by atoms with van der Waals surface area (Å²) in [5, 5.41) is 17.9. The fourth-order valence-electron chi connectivity index (χ4n) is 4.56. The van der Waals surface area contributed by atoms with E-state index in [9.17, 15) is 5.26 Å². The van der Waals surface area contributed by atoms with Crippen molar-refractivity contribution in [1.29, 1.82) is 5.26 Å². The lowest BCUT2D eigenvalue weighted by Crippen LogP contribution is -2.21. The van der Waals surface area contributed by atoms with Crippen LogP contribution in [0.3, 0.4) is 0 Å². The van der Waals surface area contributed by atoms with Gasteiger partial charge in [0.1, 0.15) is 11.6 Å². The summed E-state index contributed by atoms with van der Waals surface area (Å²) in [6.45, 7) is 0. The van der Waals surface area contributed by atoms with Crippen LogP contribution in [-0.2, 0) is 0 Å². The van der Waals surface area contributed by atoms with E-state index >= 15 is 0 Å². The molecule has 7 nitrogen and oxygen atoms in total. The smallest absolute Gasteiger partial charge is 0.244 e. The SMILES string of the molecule is COc1cc(C2C(C#N)=C(N)Oc3n[nH]c(-c4ccc(Cl)cc4)c32)ccc1OC1CCCC1. The summed E-state index contributed by atoms with van der Waals surface area (Å²) < 4.78 is 17.5. The highest BCUT2D eigenvalue weighted by Crippen LogP contribution is 2.47. The van der Waals surface area contributed by atoms with Gasteiger partial charge in [0.15, 0.2) is 11.5 Å². The van der Waals surface area contributed by atoms with Crippen LogP contribution in [-0.4, -0.2) is 23.4 Å². The third-order valence-corrected chi connectivity index (χ3v) is 6.44. The van der Waals surface area contributed by atoms with Crippen molar-refractivity contribution < 1.29 is 14.2 Å². The maximum atomic E-state index is 9.95. The maximum absolute atomic E-state index is 9.95. The van der Waals surface area contributed by atoms with Crippen molar-refractivity contribution >= 4 is 11.6 Å². The van der Waals surface area contributed by atoms with Gasteiger partial charge in [0.05, 0.1) is 30.4 Å². The molecule has 3 aromatic rings. The molecule has 33 heavy (non-hydrogen) atoms. The van der Waals surface area contributed by atoms with Crippen LogP contribution in [0.4, 0.5) is 0 Å². The first-order chi connectivity index (χ1) is 16.1. The molecule has 1 aromatic heterocycles. The third kappa shape index (κ3) is 3.87. The molecule has 1 aliphatic carbocycles. The number of aromatic nitrogens is 2. The van der Waals surface area contributed by atoms with Crippen molar-refractivity contribution in [3.05, 3.63) is 70.1 Å². The number of methoxy groups -OCH3 is 1. The molecule has 2 aromatic carbocycles. The molecule has 5 rings (SSSR count). The Kier molecular flexibility index (Phi) is 5.61. The zero-order chi connectivity index (χ0) is 22.9. The molecule has 2 aliphatic rings. The van der Waals surface area contributed by atoms with Crippen LogP contribution in [0.15, 0.2) is 53.9 Å². The molecule has 0 amide bonds. The number of nitrogens with two attached hydrogens (primary N) is 1.